The summed E-state index contributed by atoms with van der Waals surface area (Å²) in [5.41, 5.74) is 2.79. The summed E-state index contributed by atoms with van der Waals surface area (Å²) < 4.78 is 0. The first kappa shape index (κ1) is 14.5. The maximum atomic E-state index is 11.1. The van der Waals surface area contributed by atoms with Gasteiger partial charge in [0.05, 0.1) is 16.1 Å². The van der Waals surface area contributed by atoms with E-state index in [1.165, 1.54) is 18.2 Å². The quantitative estimate of drug-likeness (QED) is 0.681. The molecule has 2 rings (SSSR count). The van der Waals surface area contributed by atoms with Gasteiger partial charge >= 0.3 is 5.97 Å². The van der Waals surface area contributed by atoms with Crippen LogP contribution in [0.2, 0.25) is 0 Å². The van der Waals surface area contributed by atoms with Crippen molar-refractivity contribution in [3.05, 3.63) is 69.8 Å². The Hall–Kier alpha value is -2.95. The lowest BCUT2D eigenvalue weighted by Crippen LogP contribution is -1.97. The first-order valence-electron chi connectivity index (χ1n) is 6.19. The highest BCUT2D eigenvalue weighted by Crippen LogP contribution is 2.30. The number of aryl methyl sites for hydroxylation is 1. The molecule has 0 saturated heterocycles. The molecule has 2 aromatic rings. The van der Waals surface area contributed by atoms with Crippen LogP contribution in [0.3, 0.4) is 0 Å². The van der Waals surface area contributed by atoms with Crippen molar-refractivity contribution < 1.29 is 14.8 Å². The SMILES string of the molecule is C=Cc1ccc(-c2ccc(C(=O)O)cc2C)cc1[N+](=O)[O-]. The average molecular weight is 283 g/mol. The molecular formula is C16H13NO4. The topological polar surface area (TPSA) is 80.4 Å². The molecule has 0 spiro atoms. The van der Waals surface area contributed by atoms with Crippen LogP contribution in [0.1, 0.15) is 21.5 Å². The van der Waals surface area contributed by atoms with Gasteiger partial charge in [0.25, 0.3) is 5.69 Å². The normalized spacial score (nSPS) is 10.1. The summed E-state index contributed by atoms with van der Waals surface area (Å²) in [4.78, 5) is 21.5. The molecule has 0 radical (unpaired) electrons. The second kappa shape index (κ2) is 5.58. The number of benzene rings is 2. The van der Waals surface area contributed by atoms with Crippen molar-refractivity contribution in [2.24, 2.45) is 0 Å². The predicted octanol–water partition coefficient (Wildman–Crippen LogP) is 3.91. The minimum absolute atomic E-state index is 0.0239. The van der Waals surface area contributed by atoms with E-state index in [0.717, 1.165) is 11.1 Å². The highest BCUT2D eigenvalue weighted by atomic mass is 16.6. The van der Waals surface area contributed by atoms with Crippen molar-refractivity contribution in [3.63, 3.8) is 0 Å². The molecule has 0 fully saturated rings. The summed E-state index contributed by atoms with van der Waals surface area (Å²) in [7, 11) is 0. The molecule has 21 heavy (non-hydrogen) atoms. The van der Waals surface area contributed by atoms with E-state index in [4.69, 9.17) is 5.11 Å². The van der Waals surface area contributed by atoms with Gasteiger partial charge in [-0.05, 0) is 41.8 Å². The first-order valence-corrected chi connectivity index (χ1v) is 6.19. The van der Waals surface area contributed by atoms with Crippen molar-refractivity contribution in [1.82, 2.24) is 0 Å². The van der Waals surface area contributed by atoms with Crippen LogP contribution in [0, 0.1) is 17.0 Å². The van der Waals surface area contributed by atoms with Gasteiger partial charge in [0.15, 0.2) is 0 Å². The monoisotopic (exact) mass is 283 g/mol. The standard InChI is InChI=1S/C16H13NO4/c1-3-11-4-5-12(9-15(11)17(20)21)14-7-6-13(16(18)19)8-10(14)2/h3-9H,1H2,2H3,(H,18,19). The molecule has 1 N–H and O–H groups in total. The maximum Gasteiger partial charge on any atom is 0.335 e. The molecule has 0 bridgehead atoms. The van der Waals surface area contributed by atoms with Crippen molar-refractivity contribution in [2.45, 2.75) is 6.92 Å². The Balaban J connectivity index is 2.57. The molecule has 0 atom stereocenters. The summed E-state index contributed by atoms with van der Waals surface area (Å²) >= 11 is 0. The van der Waals surface area contributed by atoms with Gasteiger partial charge < -0.3 is 5.11 Å². The zero-order chi connectivity index (χ0) is 15.6. The summed E-state index contributed by atoms with van der Waals surface area (Å²) in [6.45, 7) is 5.33. The molecule has 2 aromatic carbocycles. The molecule has 0 saturated carbocycles. The Morgan fingerprint density at radius 2 is 2.00 bits per heavy atom. The lowest BCUT2D eigenvalue weighted by Gasteiger charge is -2.08. The van der Waals surface area contributed by atoms with E-state index in [-0.39, 0.29) is 11.3 Å². The van der Waals surface area contributed by atoms with E-state index in [9.17, 15) is 14.9 Å². The number of aromatic carboxylic acids is 1. The fraction of sp³-hybridized carbons (Fsp3) is 0.0625. The maximum absolute atomic E-state index is 11.1. The minimum atomic E-state index is -1.00. The number of carboxylic acids is 1. The van der Waals surface area contributed by atoms with Gasteiger partial charge in [-0.2, -0.15) is 0 Å². The van der Waals surface area contributed by atoms with Crippen molar-refractivity contribution >= 4 is 17.7 Å². The van der Waals surface area contributed by atoms with Crippen LogP contribution >= 0.6 is 0 Å². The second-order valence-electron chi connectivity index (χ2n) is 4.57. The van der Waals surface area contributed by atoms with Crippen LogP contribution in [0.5, 0.6) is 0 Å². The third kappa shape index (κ3) is 2.81. The van der Waals surface area contributed by atoms with Crippen molar-refractivity contribution in [3.8, 4) is 11.1 Å². The number of nitro groups is 1. The molecule has 0 amide bonds. The Morgan fingerprint density at radius 1 is 1.29 bits per heavy atom. The van der Waals surface area contributed by atoms with E-state index in [0.29, 0.717) is 11.1 Å². The van der Waals surface area contributed by atoms with Gasteiger partial charge in [0, 0.05) is 6.07 Å². The van der Waals surface area contributed by atoms with E-state index >= 15 is 0 Å². The number of nitro benzene ring substituents is 1. The number of rotatable bonds is 4. The van der Waals surface area contributed by atoms with Gasteiger partial charge in [-0.1, -0.05) is 24.8 Å². The van der Waals surface area contributed by atoms with Crippen LogP contribution in [-0.2, 0) is 0 Å². The number of hydrogen-bond acceptors (Lipinski definition) is 3. The smallest absolute Gasteiger partial charge is 0.335 e. The van der Waals surface area contributed by atoms with Gasteiger partial charge in [-0.25, -0.2) is 4.79 Å². The van der Waals surface area contributed by atoms with E-state index in [2.05, 4.69) is 6.58 Å². The summed E-state index contributed by atoms with van der Waals surface area (Å²) in [6, 6.07) is 9.55. The first-order chi connectivity index (χ1) is 9.93. The average Bonchev–Trinajstić information content (AvgIpc) is 2.46. The molecular weight excluding hydrogens is 270 g/mol. The molecule has 106 valence electrons. The fourth-order valence-corrected chi connectivity index (χ4v) is 2.16. The highest BCUT2D eigenvalue weighted by Gasteiger charge is 2.14. The summed E-state index contributed by atoms with van der Waals surface area (Å²) in [5, 5.41) is 20.0. The molecule has 0 aliphatic heterocycles. The van der Waals surface area contributed by atoms with Gasteiger partial charge in [-0.15, -0.1) is 0 Å². The Labute approximate surface area is 121 Å². The Kier molecular flexibility index (Phi) is 3.84. The highest BCUT2D eigenvalue weighted by molar-refractivity contribution is 5.89. The van der Waals surface area contributed by atoms with E-state index in [1.807, 2.05) is 0 Å². The number of nitrogens with zero attached hydrogens (tertiary/aromatic N) is 1. The third-order valence-corrected chi connectivity index (χ3v) is 3.23. The van der Waals surface area contributed by atoms with Gasteiger partial charge in [0.2, 0.25) is 0 Å². The fourth-order valence-electron chi connectivity index (χ4n) is 2.16. The van der Waals surface area contributed by atoms with Crippen molar-refractivity contribution in [2.75, 3.05) is 0 Å². The lowest BCUT2D eigenvalue weighted by molar-refractivity contribution is -0.385. The summed E-state index contributed by atoms with van der Waals surface area (Å²) in [5.74, 6) is -1.00. The van der Waals surface area contributed by atoms with Gasteiger partial charge in [0.1, 0.15) is 0 Å². The van der Waals surface area contributed by atoms with Crippen LogP contribution in [0.15, 0.2) is 43.0 Å². The lowest BCUT2D eigenvalue weighted by atomic mass is 9.97. The minimum Gasteiger partial charge on any atom is -0.478 e. The van der Waals surface area contributed by atoms with Crippen LogP contribution in [-0.4, -0.2) is 16.0 Å². The number of carboxylic acid groups (broad SMARTS) is 1. The summed E-state index contributed by atoms with van der Waals surface area (Å²) in [6.07, 6.45) is 1.43. The predicted molar refractivity (Wildman–Crippen MR) is 80.3 cm³/mol. The molecule has 0 aliphatic carbocycles. The molecule has 5 heteroatoms. The second-order valence-corrected chi connectivity index (χ2v) is 4.57. The van der Waals surface area contributed by atoms with Crippen molar-refractivity contribution in [1.29, 1.82) is 0 Å². The largest absolute Gasteiger partial charge is 0.478 e. The molecule has 0 aromatic heterocycles. The number of hydrogen-bond donors (Lipinski definition) is 1. The Bertz CT molecular complexity index is 750. The molecule has 0 unspecified atom stereocenters. The van der Waals surface area contributed by atoms with Crippen LogP contribution in [0.25, 0.3) is 17.2 Å². The molecule has 0 heterocycles. The Morgan fingerprint density at radius 3 is 2.52 bits per heavy atom. The van der Waals surface area contributed by atoms with E-state index in [1.54, 1.807) is 31.2 Å². The van der Waals surface area contributed by atoms with Gasteiger partial charge in [-0.3, -0.25) is 10.1 Å². The van der Waals surface area contributed by atoms with E-state index < -0.39 is 10.9 Å². The third-order valence-electron chi connectivity index (χ3n) is 3.23. The zero-order valence-corrected chi connectivity index (χ0v) is 11.4. The molecule has 0 aliphatic rings. The van der Waals surface area contributed by atoms with Crippen LogP contribution < -0.4 is 0 Å². The zero-order valence-electron chi connectivity index (χ0n) is 11.4. The number of carbonyl (C=O) groups is 1. The molecule has 5 nitrogen and oxygen atoms in total. The van der Waals surface area contributed by atoms with Crippen LogP contribution in [0.4, 0.5) is 5.69 Å².